The van der Waals surface area contributed by atoms with Crippen LogP contribution >= 0.6 is 0 Å². The first-order chi connectivity index (χ1) is 16.4. The molecular weight excluding hydrogens is 440 g/mol. The summed E-state index contributed by atoms with van der Waals surface area (Å²) in [6.45, 7) is 2.31. The van der Waals surface area contributed by atoms with Gasteiger partial charge in [0.25, 0.3) is 5.56 Å². The van der Waals surface area contributed by atoms with Gasteiger partial charge in [-0.2, -0.15) is 0 Å². The summed E-state index contributed by atoms with van der Waals surface area (Å²) in [7, 11) is 3.09. The molecule has 0 atom stereocenters. The lowest BCUT2D eigenvalue weighted by Crippen LogP contribution is -2.41. The Morgan fingerprint density at radius 3 is 2.59 bits per heavy atom. The van der Waals surface area contributed by atoms with Gasteiger partial charge in [0.05, 0.1) is 27.0 Å². The van der Waals surface area contributed by atoms with Crippen LogP contribution in [-0.4, -0.2) is 29.7 Å². The average molecular weight is 471 g/mol. The van der Waals surface area contributed by atoms with Crippen molar-refractivity contribution in [1.29, 1.82) is 0 Å². The number of methoxy groups -OCH3 is 2. The number of unbranched alkanes of at least 4 members (excludes halogenated alkanes) is 1. The molecule has 3 rings (SSSR count). The van der Waals surface area contributed by atoms with E-state index in [4.69, 9.17) is 19.6 Å². The molecule has 0 fully saturated rings. The molecule has 0 aliphatic heterocycles. The standard InChI is InChI=1S/C24H30N4O6/c1-4-5-12-27-22(25)21(23(30)26-24(27)31)28(15-17-7-6-13-34-17)20(29)11-9-16-8-10-18(32-2)19(14-16)33-3/h6-8,10,13-14H,4-5,9,11-12,15,25H2,1-3H3,(H,26,30,31). The third-order valence-corrected chi connectivity index (χ3v) is 5.49. The van der Waals surface area contributed by atoms with Crippen LogP contribution in [0.5, 0.6) is 11.5 Å². The van der Waals surface area contributed by atoms with E-state index in [1.807, 2.05) is 13.0 Å². The number of anilines is 2. The summed E-state index contributed by atoms with van der Waals surface area (Å²) in [4.78, 5) is 42.1. The molecule has 1 aromatic carbocycles. The van der Waals surface area contributed by atoms with Gasteiger partial charge >= 0.3 is 5.69 Å². The molecule has 0 saturated carbocycles. The molecule has 2 heterocycles. The first-order valence-corrected chi connectivity index (χ1v) is 11.1. The third-order valence-electron chi connectivity index (χ3n) is 5.49. The summed E-state index contributed by atoms with van der Waals surface area (Å²) < 4.78 is 17.3. The average Bonchev–Trinajstić information content (AvgIpc) is 3.34. The number of carbonyl (C=O) groups excluding carboxylic acids is 1. The first-order valence-electron chi connectivity index (χ1n) is 11.1. The van der Waals surface area contributed by atoms with E-state index in [9.17, 15) is 14.4 Å². The van der Waals surface area contributed by atoms with Crippen LogP contribution in [0.4, 0.5) is 11.5 Å². The van der Waals surface area contributed by atoms with Gasteiger partial charge in [0, 0.05) is 13.0 Å². The molecule has 0 unspecified atom stereocenters. The highest BCUT2D eigenvalue weighted by Crippen LogP contribution is 2.28. The summed E-state index contributed by atoms with van der Waals surface area (Å²) in [5.41, 5.74) is 5.73. The second-order valence-corrected chi connectivity index (χ2v) is 7.75. The van der Waals surface area contributed by atoms with Crippen LogP contribution in [-0.2, 0) is 24.3 Å². The van der Waals surface area contributed by atoms with Crippen molar-refractivity contribution in [1.82, 2.24) is 9.55 Å². The van der Waals surface area contributed by atoms with Crippen LogP contribution in [0.15, 0.2) is 50.6 Å². The monoisotopic (exact) mass is 470 g/mol. The highest BCUT2D eigenvalue weighted by molar-refractivity contribution is 5.95. The Labute approximate surface area is 196 Å². The fourth-order valence-electron chi connectivity index (χ4n) is 3.65. The number of amides is 1. The summed E-state index contributed by atoms with van der Waals surface area (Å²) in [5.74, 6) is 1.23. The normalized spacial score (nSPS) is 10.8. The molecule has 0 bridgehead atoms. The second-order valence-electron chi connectivity index (χ2n) is 7.75. The molecular formula is C24H30N4O6. The number of rotatable bonds is 11. The van der Waals surface area contributed by atoms with Gasteiger partial charge in [0.2, 0.25) is 5.91 Å². The smallest absolute Gasteiger partial charge is 0.330 e. The van der Waals surface area contributed by atoms with Crippen LogP contribution in [0.1, 0.15) is 37.5 Å². The molecule has 34 heavy (non-hydrogen) atoms. The zero-order chi connectivity index (χ0) is 24.7. The van der Waals surface area contributed by atoms with Crippen molar-refractivity contribution in [2.24, 2.45) is 0 Å². The quantitative estimate of drug-likeness (QED) is 0.440. The number of hydrogen-bond acceptors (Lipinski definition) is 7. The first kappa shape index (κ1) is 24.7. The second kappa shape index (κ2) is 11.3. The summed E-state index contributed by atoms with van der Waals surface area (Å²) in [6, 6.07) is 8.81. The van der Waals surface area contributed by atoms with Crippen molar-refractivity contribution >= 4 is 17.4 Å². The number of benzene rings is 1. The maximum Gasteiger partial charge on any atom is 0.330 e. The highest BCUT2D eigenvalue weighted by Gasteiger charge is 2.25. The Morgan fingerprint density at radius 1 is 1.18 bits per heavy atom. The van der Waals surface area contributed by atoms with Gasteiger partial charge in [-0.05, 0) is 42.7 Å². The maximum atomic E-state index is 13.4. The number of nitrogens with one attached hydrogen (secondary N) is 1. The summed E-state index contributed by atoms with van der Waals surface area (Å²) >= 11 is 0. The molecule has 3 N–H and O–H groups in total. The van der Waals surface area contributed by atoms with E-state index in [1.165, 1.54) is 15.7 Å². The van der Waals surface area contributed by atoms with Gasteiger partial charge in [-0.3, -0.25) is 24.0 Å². The van der Waals surface area contributed by atoms with E-state index in [0.29, 0.717) is 36.6 Å². The molecule has 0 aliphatic carbocycles. The van der Waals surface area contributed by atoms with Crippen molar-refractivity contribution in [3.8, 4) is 11.5 Å². The van der Waals surface area contributed by atoms with Crippen LogP contribution < -0.4 is 31.4 Å². The topological polar surface area (TPSA) is 133 Å². The number of H-pyrrole nitrogens is 1. The fraction of sp³-hybridized carbons (Fsp3) is 0.375. The molecule has 0 aliphatic rings. The van der Waals surface area contributed by atoms with E-state index in [1.54, 1.807) is 38.5 Å². The summed E-state index contributed by atoms with van der Waals surface area (Å²) in [6.07, 6.45) is 3.49. The minimum Gasteiger partial charge on any atom is -0.493 e. The Morgan fingerprint density at radius 2 is 1.94 bits per heavy atom. The van der Waals surface area contributed by atoms with E-state index in [0.717, 1.165) is 12.0 Å². The van der Waals surface area contributed by atoms with Crippen molar-refractivity contribution in [3.63, 3.8) is 0 Å². The fourth-order valence-corrected chi connectivity index (χ4v) is 3.65. The van der Waals surface area contributed by atoms with Crippen LogP contribution in [0, 0.1) is 0 Å². The number of ether oxygens (including phenoxy) is 2. The van der Waals surface area contributed by atoms with Crippen molar-refractivity contribution < 1.29 is 18.7 Å². The van der Waals surface area contributed by atoms with Crippen LogP contribution in [0.25, 0.3) is 0 Å². The lowest BCUT2D eigenvalue weighted by Gasteiger charge is -2.24. The number of aromatic amines is 1. The SMILES string of the molecule is CCCCn1c(N)c(N(Cc2ccco2)C(=O)CCc2ccc(OC)c(OC)c2)c(=O)[nH]c1=O. The molecule has 0 spiro atoms. The zero-order valence-corrected chi connectivity index (χ0v) is 19.6. The molecule has 0 radical (unpaired) electrons. The largest absolute Gasteiger partial charge is 0.493 e. The molecule has 10 nitrogen and oxygen atoms in total. The minimum atomic E-state index is -0.721. The number of hydrogen-bond donors (Lipinski definition) is 2. The van der Waals surface area contributed by atoms with Gasteiger partial charge in [-0.25, -0.2) is 4.79 Å². The van der Waals surface area contributed by atoms with E-state index < -0.39 is 11.2 Å². The lowest BCUT2D eigenvalue weighted by atomic mass is 10.1. The van der Waals surface area contributed by atoms with Gasteiger partial charge in [0.1, 0.15) is 11.6 Å². The van der Waals surface area contributed by atoms with Gasteiger partial charge in [-0.15, -0.1) is 0 Å². The number of aromatic nitrogens is 2. The van der Waals surface area contributed by atoms with E-state index >= 15 is 0 Å². The Kier molecular flexibility index (Phi) is 8.18. The Hall–Kier alpha value is -3.95. The number of nitrogens with zero attached hydrogens (tertiary/aromatic N) is 2. The Bertz CT molecular complexity index is 1230. The molecule has 182 valence electrons. The van der Waals surface area contributed by atoms with Gasteiger partial charge in [0.15, 0.2) is 17.2 Å². The number of carbonyl (C=O) groups is 1. The number of nitrogens with two attached hydrogens (primary N) is 1. The predicted molar refractivity (Wildman–Crippen MR) is 128 cm³/mol. The molecule has 0 saturated heterocycles. The van der Waals surface area contributed by atoms with E-state index in [2.05, 4.69) is 4.98 Å². The molecule has 2 aromatic heterocycles. The lowest BCUT2D eigenvalue weighted by molar-refractivity contribution is -0.118. The maximum absolute atomic E-state index is 13.4. The van der Waals surface area contributed by atoms with E-state index in [-0.39, 0.29) is 30.4 Å². The van der Waals surface area contributed by atoms with Crippen LogP contribution in [0.2, 0.25) is 0 Å². The van der Waals surface area contributed by atoms with Crippen molar-refractivity contribution in [2.45, 2.75) is 45.7 Å². The molecule has 10 heteroatoms. The molecule has 1 amide bonds. The highest BCUT2D eigenvalue weighted by atomic mass is 16.5. The number of nitrogen functional groups attached to an aromatic ring is 1. The Balaban J connectivity index is 1.93. The third kappa shape index (κ3) is 5.51. The molecule has 3 aromatic rings. The van der Waals surface area contributed by atoms with Crippen molar-refractivity contribution in [3.05, 3.63) is 68.8 Å². The van der Waals surface area contributed by atoms with Crippen molar-refractivity contribution in [2.75, 3.05) is 24.9 Å². The predicted octanol–water partition coefficient (Wildman–Crippen LogP) is 2.70. The van der Waals surface area contributed by atoms with Crippen LogP contribution in [0.3, 0.4) is 0 Å². The van der Waals surface area contributed by atoms with Gasteiger partial charge < -0.3 is 19.6 Å². The summed E-state index contributed by atoms with van der Waals surface area (Å²) in [5, 5.41) is 0. The zero-order valence-electron chi connectivity index (χ0n) is 19.6. The number of aryl methyl sites for hydroxylation is 1. The number of furan rings is 1. The van der Waals surface area contributed by atoms with Gasteiger partial charge in [-0.1, -0.05) is 19.4 Å². The minimum absolute atomic E-state index is 0.00295.